The molecule has 0 amide bonds. The largest absolute Gasteiger partial charge is 0.223 e. The second-order valence-corrected chi connectivity index (χ2v) is 3.35. The van der Waals surface area contributed by atoms with Crippen LogP contribution in [0.4, 0.5) is 8.78 Å². The highest BCUT2D eigenvalue weighted by atomic mass is 35.5. The minimum atomic E-state index is -0.849. The van der Waals surface area contributed by atoms with E-state index in [2.05, 4.69) is 19.9 Å². The monoisotopic (exact) mass is 262 g/mol. The molecule has 0 aliphatic heterocycles. The fourth-order valence-electron chi connectivity index (χ4n) is 1.02. The number of hydrogen-bond acceptors (Lipinski definition) is 4. The summed E-state index contributed by atoms with van der Waals surface area (Å²) in [6.07, 6.45) is 1.64. The molecule has 16 heavy (non-hydrogen) atoms. The Labute approximate surface area is 98.3 Å². The van der Waals surface area contributed by atoms with Crippen molar-refractivity contribution in [2.75, 3.05) is 0 Å². The van der Waals surface area contributed by atoms with Gasteiger partial charge in [-0.1, -0.05) is 0 Å². The van der Waals surface area contributed by atoms with Gasteiger partial charge < -0.3 is 0 Å². The van der Waals surface area contributed by atoms with Gasteiger partial charge in [-0.3, -0.25) is 0 Å². The van der Waals surface area contributed by atoms with Crippen molar-refractivity contribution in [3.05, 3.63) is 34.6 Å². The Morgan fingerprint density at radius 1 is 0.812 bits per heavy atom. The average Bonchev–Trinajstić information content (AvgIpc) is 2.25. The van der Waals surface area contributed by atoms with Gasteiger partial charge >= 0.3 is 0 Å². The van der Waals surface area contributed by atoms with Crippen LogP contribution in [0.25, 0.3) is 11.4 Å². The molecule has 0 atom stereocenters. The Hall–Kier alpha value is -1.40. The Bertz CT molecular complexity index is 500. The molecule has 0 fully saturated rings. The van der Waals surface area contributed by atoms with Gasteiger partial charge in [0.1, 0.15) is 11.4 Å². The molecular formula is C8H2Cl2F2N4. The third kappa shape index (κ3) is 2.07. The van der Waals surface area contributed by atoms with Crippen LogP contribution in [0.15, 0.2) is 12.4 Å². The van der Waals surface area contributed by atoms with Crippen molar-refractivity contribution in [3.8, 4) is 11.4 Å². The summed E-state index contributed by atoms with van der Waals surface area (Å²) in [4.78, 5) is 13.9. The molecule has 0 N–H and O–H groups in total. The van der Waals surface area contributed by atoms with Gasteiger partial charge in [-0.05, 0) is 23.2 Å². The smallest absolute Gasteiger partial charge is 0.223 e. The summed E-state index contributed by atoms with van der Waals surface area (Å²) in [6.45, 7) is 0. The van der Waals surface area contributed by atoms with Crippen LogP contribution >= 0.6 is 23.2 Å². The first-order valence-corrected chi connectivity index (χ1v) is 4.70. The van der Waals surface area contributed by atoms with E-state index in [1.54, 1.807) is 0 Å². The lowest BCUT2D eigenvalue weighted by molar-refractivity contribution is 0.598. The molecule has 0 aromatic carbocycles. The highest BCUT2D eigenvalue weighted by Gasteiger charge is 2.15. The summed E-state index contributed by atoms with van der Waals surface area (Å²) in [5, 5.41) is -0.434. The molecule has 0 radical (unpaired) electrons. The Balaban J connectivity index is 2.66. The fraction of sp³-hybridized carbons (Fsp3) is 0. The lowest BCUT2D eigenvalue weighted by atomic mass is 10.2. The number of hydrogen-bond donors (Lipinski definition) is 0. The normalized spacial score (nSPS) is 10.5. The van der Waals surface area contributed by atoms with Gasteiger partial charge in [0.05, 0.1) is 12.4 Å². The van der Waals surface area contributed by atoms with Crippen LogP contribution in [0.1, 0.15) is 0 Å². The lowest BCUT2D eigenvalue weighted by Gasteiger charge is -2.02. The molecule has 4 nitrogen and oxygen atoms in total. The van der Waals surface area contributed by atoms with Crippen molar-refractivity contribution >= 4 is 23.2 Å². The molecular weight excluding hydrogens is 261 g/mol. The first-order chi connectivity index (χ1) is 7.58. The van der Waals surface area contributed by atoms with Crippen molar-refractivity contribution in [1.82, 2.24) is 19.9 Å². The van der Waals surface area contributed by atoms with Crippen LogP contribution in [0.5, 0.6) is 0 Å². The lowest BCUT2D eigenvalue weighted by Crippen LogP contribution is -1.99. The SMILES string of the molecule is Fc1cnc(Cl)nc1-c1nc(Cl)ncc1F. The molecule has 0 aliphatic carbocycles. The molecule has 0 unspecified atom stereocenters. The Kier molecular flexibility index (Phi) is 2.93. The summed E-state index contributed by atoms with van der Waals surface area (Å²) >= 11 is 10.9. The highest BCUT2D eigenvalue weighted by molar-refractivity contribution is 6.28. The van der Waals surface area contributed by atoms with Crippen molar-refractivity contribution < 1.29 is 8.78 Å². The van der Waals surface area contributed by atoms with Crippen LogP contribution in [0.3, 0.4) is 0 Å². The van der Waals surface area contributed by atoms with E-state index >= 15 is 0 Å². The third-order valence-electron chi connectivity index (χ3n) is 1.65. The van der Waals surface area contributed by atoms with Gasteiger partial charge in [0.25, 0.3) is 0 Å². The minimum absolute atomic E-state index is 0.217. The molecule has 2 heterocycles. The van der Waals surface area contributed by atoms with Crippen LogP contribution in [0.2, 0.25) is 10.6 Å². The predicted octanol–water partition coefficient (Wildman–Crippen LogP) is 2.52. The summed E-state index contributed by atoms with van der Waals surface area (Å²) < 4.78 is 26.6. The Morgan fingerprint density at radius 2 is 1.19 bits per heavy atom. The molecule has 2 aromatic heterocycles. The number of halogens is 4. The van der Waals surface area contributed by atoms with E-state index in [-0.39, 0.29) is 22.0 Å². The topological polar surface area (TPSA) is 51.6 Å². The van der Waals surface area contributed by atoms with Crippen molar-refractivity contribution in [3.63, 3.8) is 0 Å². The first kappa shape index (κ1) is 11.1. The predicted molar refractivity (Wildman–Crippen MR) is 53.0 cm³/mol. The number of rotatable bonds is 1. The molecule has 0 saturated heterocycles. The summed E-state index contributed by atoms with van der Waals surface area (Å²) in [5.41, 5.74) is -0.719. The molecule has 8 heteroatoms. The standard InChI is InChI=1S/C8H2Cl2F2N4/c9-7-13-1-3(11)5(15-7)6-4(12)2-14-8(10)16-6/h1-2H. The van der Waals surface area contributed by atoms with Gasteiger partial charge in [0.2, 0.25) is 10.6 Å². The summed E-state index contributed by atoms with van der Waals surface area (Å²) in [5.74, 6) is -1.70. The molecule has 2 rings (SSSR count). The van der Waals surface area contributed by atoms with Crippen molar-refractivity contribution in [2.45, 2.75) is 0 Å². The van der Waals surface area contributed by atoms with Gasteiger partial charge in [-0.2, -0.15) is 0 Å². The van der Waals surface area contributed by atoms with Gasteiger partial charge in [-0.25, -0.2) is 28.7 Å². The Morgan fingerprint density at radius 3 is 1.56 bits per heavy atom. The first-order valence-electron chi connectivity index (χ1n) is 3.94. The molecule has 0 aliphatic rings. The quantitative estimate of drug-likeness (QED) is 0.742. The third-order valence-corrected chi connectivity index (χ3v) is 2.02. The van der Waals surface area contributed by atoms with Gasteiger partial charge in [0.15, 0.2) is 11.6 Å². The average molecular weight is 263 g/mol. The number of nitrogens with zero attached hydrogens (tertiary/aromatic N) is 4. The highest BCUT2D eigenvalue weighted by Crippen LogP contribution is 2.22. The zero-order chi connectivity index (χ0) is 11.7. The van der Waals surface area contributed by atoms with Gasteiger partial charge in [-0.15, -0.1) is 0 Å². The maximum atomic E-state index is 13.3. The van der Waals surface area contributed by atoms with Crippen LogP contribution < -0.4 is 0 Å². The second kappa shape index (κ2) is 4.23. The van der Waals surface area contributed by atoms with E-state index in [0.717, 1.165) is 12.4 Å². The molecule has 0 bridgehead atoms. The molecule has 82 valence electrons. The van der Waals surface area contributed by atoms with E-state index < -0.39 is 11.6 Å². The van der Waals surface area contributed by atoms with Crippen molar-refractivity contribution in [2.24, 2.45) is 0 Å². The summed E-state index contributed by atoms with van der Waals surface area (Å²) in [6, 6.07) is 0. The van der Waals surface area contributed by atoms with E-state index in [9.17, 15) is 8.78 Å². The second-order valence-electron chi connectivity index (χ2n) is 2.67. The molecule has 0 spiro atoms. The molecule has 0 saturated carbocycles. The minimum Gasteiger partial charge on any atom is -0.223 e. The van der Waals surface area contributed by atoms with Gasteiger partial charge in [0, 0.05) is 0 Å². The zero-order valence-electron chi connectivity index (χ0n) is 7.46. The molecule has 2 aromatic rings. The van der Waals surface area contributed by atoms with Crippen LogP contribution in [-0.2, 0) is 0 Å². The maximum absolute atomic E-state index is 13.3. The van der Waals surface area contributed by atoms with E-state index in [1.165, 1.54) is 0 Å². The van der Waals surface area contributed by atoms with Crippen LogP contribution in [-0.4, -0.2) is 19.9 Å². The maximum Gasteiger partial charge on any atom is 0.223 e. The fourth-order valence-corrected chi connectivity index (χ4v) is 1.29. The van der Waals surface area contributed by atoms with Crippen molar-refractivity contribution in [1.29, 1.82) is 0 Å². The zero-order valence-corrected chi connectivity index (χ0v) is 8.97. The number of aromatic nitrogens is 4. The van der Waals surface area contributed by atoms with E-state index in [1.807, 2.05) is 0 Å². The van der Waals surface area contributed by atoms with Crippen LogP contribution in [0, 0.1) is 11.6 Å². The van der Waals surface area contributed by atoms with E-state index in [0.29, 0.717) is 0 Å². The summed E-state index contributed by atoms with van der Waals surface area (Å²) in [7, 11) is 0. The van der Waals surface area contributed by atoms with E-state index in [4.69, 9.17) is 23.2 Å².